The summed E-state index contributed by atoms with van der Waals surface area (Å²) in [6, 6.07) is 21.7. The zero-order chi connectivity index (χ0) is 23.9. The van der Waals surface area contributed by atoms with Crippen LogP contribution in [0.3, 0.4) is 0 Å². The number of para-hydroxylation sites is 1. The molecule has 0 radical (unpaired) electrons. The van der Waals surface area contributed by atoms with Crippen LogP contribution in [0.5, 0.6) is 11.5 Å². The molecule has 0 saturated heterocycles. The van der Waals surface area contributed by atoms with Crippen molar-refractivity contribution in [3.05, 3.63) is 78.4 Å². The maximum Gasteiger partial charge on any atom is 0.257 e. The number of H-pyrrole nitrogens is 1. The first kappa shape index (κ1) is 22.5. The van der Waals surface area contributed by atoms with Crippen molar-refractivity contribution in [1.29, 1.82) is 0 Å². The number of ether oxygens (including phenoxy) is 2. The summed E-state index contributed by atoms with van der Waals surface area (Å²) in [7, 11) is 2.99. The van der Waals surface area contributed by atoms with Gasteiger partial charge in [-0.05, 0) is 30.3 Å². The predicted octanol–water partition coefficient (Wildman–Crippen LogP) is 3.52. The smallest absolute Gasteiger partial charge is 0.257 e. The molecular formula is C25H23N5O4. The van der Waals surface area contributed by atoms with Gasteiger partial charge in [0.1, 0.15) is 0 Å². The molecule has 1 heterocycles. The van der Waals surface area contributed by atoms with E-state index in [4.69, 9.17) is 9.47 Å². The Balaban J connectivity index is 1.55. The fourth-order valence-corrected chi connectivity index (χ4v) is 3.24. The van der Waals surface area contributed by atoms with E-state index in [1.807, 2.05) is 48.5 Å². The SMILES string of the molecule is CNC(=O)COc1ccc(C(=O)Nc2ccccc2-c2nc(-c3ccccc3)n[nH]2)cc1OC. The number of nitrogens with one attached hydrogen (secondary N) is 3. The lowest BCUT2D eigenvalue weighted by Gasteiger charge is -2.13. The number of hydrogen-bond acceptors (Lipinski definition) is 6. The number of aromatic nitrogens is 3. The van der Waals surface area contributed by atoms with Gasteiger partial charge in [0.2, 0.25) is 0 Å². The van der Waals surface area contributed by atoms with Gasteiger partial charge >= 0.3 is 0 Å². The van der Waals surface area contributed by atoms with Crippen LogP contribution >= 0.6 is 0 Å². The highest BCUT2D eigenvalue weighted by atomic mass is 16.5. The van der Waals surface area contributed by atoms with Gasteiger partial charge in [0.15, 0.2) is 29.8 Å². The highest BCUT2D eigenvalue weighted by Crippen LogP contribution is 2.30. The van der Waals surface area contributed by atoms with Crippen molar-refractivity contribution in [3.8, 4) is 34.3 Å². The molecule has 0 unspecified atom stereocenters. The average Bonchev–Trinajstić information content (AvgIpc) is 3.38. The summed E-state index contributed by atoms with van der Waals surface area (Å²) < 4.78 is 10.8. The summed E-state index contributed by atoms with van der Waals surface area (Å²) in [5.41, 5.74) is 2.52. The van der Waals surface area contributed by atoms with Gasteiger partial charge in [0, 0.05) is 23.7 Å². The molecule has 0 bridgehead atoms. The molecule has 2 amide bonds. The molecule has 0 aliphatic carbocycles. The predicted molar refractivity (Wildman–Crippen MR) is 128 cm³/mol. The first-order valence-electron chi connectivity index (χ1n) is 10.5. The summed E-state index contributed by atoms with van der Waals surface area (Å²) in [5, 5.41) is 12.6. The molecule has 3 N–H and O–H groups in total. The summed E-state index contributed by atoms with van der Waals surface area (Å²) in [6.45, 7) is -0.159. The van der Waals surface area contributed by atoms with E-state index in [2.05, 4.69) is 25.8 Å². The molecular weight excluding hydrogens is 434 g/mol. The maximum atomic E-state index is 13.0. The first-order valence-corrected chi connectivity index (χ1v) is 10.5. The van der Waals surface area contributed by atoms with E-state index in [1.165, 1.54) is 14.2 Å². The van der Waals surface area contributed by atoms with Crippen LogP contribution < -0.4 is 20.1 Å². The second-order valence-corrected chi connectivity index (χ2v) is 7.20. The molecule has 9 heteroatoms. The van der Waals surface area contributed by atoms with Gasteiger partial charge < -0.3 is 20.1 Å². The van der Waals surface area contributed by atoms with Crippen LogP contribution in [0, 0.1) is 0 Å². The van der Waals surface area contributed by atoms with Crippen molar-refractivity contribution in [2.24, 2.45) is 0 Å². The number of carbonyl (C=O) groups is 2. The Morgan fingerprint density at radius 1 is 0.971 bits per heavy atom. The standard InChI is InChI=1S/C25H23N5O4/c1-26-22(31)15-34-20-13-12-17(14-21(20)33-2)25(32)27-19-11-7-6-10-18(19)24-28-23(29-30-24)16-8-4-3-5-9-16/h3-14H,15H2,1-2H3,(H,26,31)(H,27,32)(H,28,29,30). The number of aromatic amines is 1. The fourth-order valence-electron chi connectivity index (χ4n) is 3.24. The van der Waals surface area contributed by atoms with E-state index < -0.39 is 0 Å². The van der Waals surface area contributed by atoms with Gasteiger partial charge in [-0.25, -0.2) is 4.98 Å². The van der Waals surface area contributed by atoms with E-state index in [1.54, 1.807) is 24.3 Å². The Labute approximate surface area is 196 Å². The van der Waals surface area contributed by atoms with E-state index in [-0.39, 0.29) is 18.4 Å². The molecule has 4 aromatic rings. The third-order valence-electron chi connectivity index (χ3n) is 5.01. The summed E-state index contributed by atoms with van der Waals surface area (Å²) >= 11 is 0. The Morgan fingerprint density at radius 3 is 2.50 bits per heavy atom. The third kappa shape index (κ3) is 5.04. The Hall–Kier alpha value is -4.66. The van der Waals surface area contributed by atoms with E-state index in [9.17, 15) is 9.59 Å². The molecule has 4 rings (SSSR count). The molecule has 0 aliphatic heterocycles. The monoisotopic (exact) mass is 457 g/mol. The van der Waals surface area contributed by atoms with Gasteiger partial charge in [0.25, 0.3) is 11.8 Å². The van der Waals surface area contributed by atoms with Crippen LogP contribution in [0.2, 0.25) is 0 Å². The molecule has 1 aromatic heterocycles. The maximum absolute atomic E-state index is 13.0. The average molecular weight is 457 g/mol. The van der Waals surface area contributed by atoms with Crippen LogP contribution in [0.25, 0.3) is 22.8 Å². The van der Waals surface area contributed by atoms with Crippen molar-refractivity contribution >= 4 is 17.5 Å². The van der Waals surface area contributed by atoms with E-state index in [0.717, 1.165) is 5.56 Å². The van der Waals surface area contributed by atoms with Gasteiger partial charge in [-0.15, -0.1) is 0 Å². The number of anilines is 1. The first-order chi connectivity index (χ1) is 16.6. The zero-order valence-corrected chi connectivity index (χ0v) is 18.7. The lowest BCUT2D eigenvalue weighted by molar-refractivity contribution is -0.122. The molecule has 0 saturated carbocycles. The number of hydrogen-bond donors (Lipinski definition) is 3. The molecule has 0 atom stereocenters. The second-order valence-electron chi connectivity index (χ2n) is 7.20. The van der Waals surface area contributed by atoms with Crippen molar-refractivity contribution in [2.45, 2.75) is 0 Å². The number of amides is 2. The van der Waals surface area contributed by atoms with Gasteiger partial charge in [-0.1, -0.05) is 42.5 Å². The number of carbonyl (C=O) groups excluding carboxylic acids is 2. The number of methoxy groups -OCH3 is 1. The molecule has 3 aromatic carbocycles. The van der Waals surface area contributed by atoms with E-state index >= 15 is 0 Å². The number of rotatable bonds is 8. The van der Waals surface area contributed by atoms with Crippen molar-refractivity contribution < 1.29 is 19.1 Å². The summed E-state index contributed by atoms with van der Waals surface area (Å²) in [4.78, 5) is 29.0. The molecule has 9 nitrogen and oxygen atoms in total. The van der Waals surface area contributed by atoms with Crippen LogP contribution in [-0.4, -0.2) is 47.8 Å². The van der Waals surface area contributed by atoms with Crippen molar-refractivity contribution in [1.82, 2.24) is 20.5 Å². The molecule has 34 heavy (non-hydrogen) atoms. The van der Waals surface area contributed by atoms with Gasteiger partial charge in [-0.3, -0.25) is 14.7 Å². The quantitative estimate of drug-likeness (QED) is 0.373. The van der Waals surface area contributed by atoms with Crippen LogP contribution in [0.4, 0.5) is 5.69 Å². The van der Waals surface area contributed by atoms with Crippen LogP contribution in [0.15, 0.2) is 72.8 Å². The summed E-state index contributed by atoms with van der Waals surface area (Å²) in [5.74, 6) is 1.18. The normalized spacial score (nSPS) is 10.4. The lowest BCUT2D eigenvalue weighted by Crippen LogP contribution is -2.25. The van der Waals surface area contributed by atoms with Crippen LogP contribution in [-0.2, 0) is 4.79 Å². The number of benzene rings is 3. The highest BCUT2D eigenvalue weighted by Gasteiger charge is 2.16. The number of likely N-dealkylation sites (N-methyl/N-ethyl adjacent to an activating group) is 1. The second kappa shape index (κ2) is 10.3. The molecule has 0 spiro atoms. The summed E-state index contributed by atoms with van der Waals surface area (Å²) in [6.07, 6.45) is 0. The third-order valence-corrected chi connectivity index (χ3v) is 5.01. The fraction of sp³-hybridized carbons (Fsp3) is 0.120. The minimum atomic E-state index is -0.341. The Kier molecular flexibility index (Phi) is 6.83. The highest BCUT2D eigenvalue weighted by molar-refractivity contribution is 6.06. The van der Waals surface area contributed by atoms with Crippen molar-refractivity contribution in [3.63, 3.8) is 0 Å². The van der Waals surface area contributed by atoms with Crippen molar-refractivity contribution in [2.75, 3.05) is 26.1 Å². The molecule has 172 valence electrons. The molecule has 0 fully saturated rings. The topological polar surface area (TPSA) is 118 Å². The number of nitrogens with zero attached hydrogens (tertiary/aromatic N) is 2. The van der Waals surface area contributed by atoms with Gasteiger partial charge in [-0.2, -0.15) is 5.10 Å². The minimum absolute atomic E-state index is 0.159. The van der Waals surface area contributed by atoms with E-state index in [0.29, 0.717) is 40.0 Å². The van der Waals surface area contributed by atoms with Crippen LogP contribution in [0.1, 0.15) is 10.4 Å². The molecule has 0 aliphatic rings. The minimum Gasteiger partial charge on any atom is -0.493 e. The Bertz CT molecular complexity index is 1300. The Morgan fingerprint density at radius 2 is 1.74 bits per heavy atom. The largest absolute Gasteiger partial charge is 0.493 e. The van der Waals surface area contributed by atoms with Gasteiger partial charge in [0.05, 0.1) is 12.8 Å². The zero-order valence-electron chi connectivity index (χ0n) is 18.7. The lowest BCUT2D eigenvalue weighted by atomic mass is 10.1.